The van der Waals surface area contributed by atoms with Gasteiger partial charge in [0.15, 0.2) is 0 Å². The van der Waals surface area contributed by atoms with Gasteiger partial charge >= 0.3 is 0 Å². The standard InChI is InChI=1S/C15H20N2O2S/c1-10(12-3-4-12)16-15(19)9-20-14-7-5-13(6-8-14)17-11(2)18/h5-8,10,12H,3-4,9H2,1-2H3,(H,16,19)(H,17,18)/t10-/m0/s1. The van der Waals surface area contributed by atoms with Crippen LogP contribution < -0.4 is 10.6 Å². The first-order valence-corrected chi connectivity index (χ1v) is 7.83. The molecule has 0 radical (unpaired) electrons. The molecule has 108 valence electrons. The summed E-state index contributed by atoms with van der Waals surface area (Å²) in [5, 5.41) is 5.75. The van der Waals surface area contributed by atoms with E-state index in [1.54, 1.807) is 0 Å². The SMILES string of the molecule is CC(=O)Nc1ccc(SCC(=O)N[C@@H](C)C2CC2)cc1. The Bertz CT molecular complexity index is 483. The Balaban J connectivity index is 1.75. The number of hydrogen-bond donors (Lipinski definition) is 2. The van der Waals surface area contributed by atoms with E-state index < -0.39 is 0 Å². The fourth-order valence-electron chi connectivity index (χ4n) is 2.00. The normalized spacial score (nSPS) is 15.5. The van der Waals surface area contributed by atoms with Crippen LogP contribution in [-0.4, -0.2) is 23.6 Å². The number of amides is 2. The Kier molecular flexibility index (Phi) is 5.06. The van der Waals surface area contributed by atoms with Crippen molar-refractivity contribution in [2.45, 2.75) is 37.6 Å². The van der Waals surface area contributed by atoms with Crippen molar-refractivity contribution in [3.8, 4) is 0 Å². The highest BCUT2D eigenvalue weighted by Gasteiger charge is 2.28. The summed E-state index contributed by atoms with van der Waals surface area (Å²) in [6, 6.07) is 7.80. The maximum Gasteiger partial charge on any atom is 0.230 e. The number of anilines is 1. The minimum absolute atomic E-state index is 0.0836. The van der Waals surface area contributed by atoms with Crippen molar-refractivity contribution in [3.63, 3.8) is 0 Å². The Morgan fingerprint density at radius 1 is 1.30 bits per heavy atom. The summed E-state index contributed by atoms with van der Waals surface area (Å²) in [5.74, 6) is 1.11. The molecule has 0 spiro atoms. The van der Waals surface area contributed by atoms with Gasteiger partial charge in [-0.15, -0.1) is 11.8 Å². The molecule has 20 heavy (non-hydrogen) atoms. The molecule has 1 aliphatic rings. The quantitative estimate of drug-likeness (QED) is 0.793. The zero-order chi connectivity index (χ0) is 14.5. The van der Waals surface area contributed by atoms with Crippen LogP contribution in [0.3, 0.4) is 0 Å². The van der Waals surface area contributed by atoms with Crippen LogP contribution in [0.4, 0.5) is 5.69 Å². The van der Waals surface area contributed by atoms with Gasteiger partial charge in [-0.3, -0.25) is 9.59 Å². The van der Waals surface area contributed by atoms with Gasteiger partial charge in [0.1, 0.15) is 0 Å². The first-order chi connectivity index (χ1) is 9.54. The predicted octanol–water partition coefficient (Wildman–Crippen LogP) is 2.65. The Morgan fingerprint density at radius 3 is 2.50 bits per heavy atom. The van der Waals surface area contributed by atoms with Crippen molar-refractivity contribution in [2.75, 3.05) is 11.1 Å². The van der Waals surface area contributed by atoms with Crippen LogP contribution >= 0.6 is 11.8 Å². The molecule has 1 aromatic rings. The highest BCUT2D eigenvalue weighted by atomic mass is 32.2. The third-order valence-corrected chi connectivity index (χ3v) is 4.27. The van der Waals surface area contributed by atoms with Crippen molar-refractivity contribution >= 4 is 29.3 Å². The summed E-state index contributed by atoms with van der Waals surface area (Å²) in [6.45, 7) is 3.55. The molecular weight excluding hydrogens is 272 g/mol. The van der Waals surface area contributed by atoms with E-state index in [9.17, 15) is 9.59 Å². The molecule has 1 saturated carbocycles. The third kappa shape index (κ3) is 4.89. The van der Waals surface area contributed by atoms with E-state index >= 15 is 0 Å². The largest absolute Gasteiger partial charge is 0.353 e. The van der Waals surface area contributed by atoms with Crippen LogP contribution in [0, 0.1) is 5.92 Å². The van der Waals surface area contributed by atoms with E-state index in [0.29, 0.717) is 17.7 Å². The lowest BCUT2D eigenvalue weighted by atomic mass is 10.2. The second kappa shape index (κ2) is 6.79. The van der Waals surface area contributed by atoms with Crippen LogP contribution in [0.5, 0.6) is 0 Å². The minimum Gasteiger partial charge on any atom is -0.353 e. The molecule has 2 rings (SSSR count). The number of benzene rings is 1. The van der Waals surface area contributed by atoms with Gasteiger partial charge in [0.05, 0.1) is 5.75 Å². The lowest BCUT2D eigenvalue weighted by Gasteiger charge is -2.12. The molecule has 2 amide bonds. The molecule has 1 aromatic carbocycles. The topological polar surface area (TPSA) is 58.2 Å². The summed E-state index contributed by atoms with van der Waals surface area (Å²) < 4.78 is 0. The van der Waals surface area contributed by atoms with E-state index in [-0.39, 0.29) is 11.8 Å². The van der Waals surface area contributed by atoms with E-state index in [2.05, 4.69) is 17.6 Å². The highest BCUT2D eigenvalue weighted by molar-refractivity contribution is 8.00. The highest BCUT2D eigenvalue weighted by Crippen LogP contribution is 2.32. The van der Waals surface area contributed by atoms with E-state index in [4.69, 9.17) is 0 Å². The molecular formula is C15H20N2O2S. The molecule has 1 aliphatic carbocycles. The lowest BCUT2D eigenvalue weighted by molar-refractivity contribution is -0.119. The molecule has 4 nitrogen and oxygen atoms in total. The molecule has 0 bridgehead atoms. The fourth-order valence-corrected chi connectivity index (χ4v) is 2.71. The Morgan fingerprint density at radius 2 is 1.95 bits per heavy atom. The van der Waals surface area contributed by atoms with Crippen molar-refractivity contribution in [1.29, 1.82) is 0 Å². The van der Waals surface area contributed by atoms with Gasteiger partial charge < -0.3 is 10.6 Å². The van der Waals surface area contributed by atoms with Gasteiger partial charge in [0.2, 0.25) is 11.8 Å². The molecule has 1 fully saturated rings. The second-order valence-corrected chi connectivity index (χ2v) is 6.24. The van der Waals surface area contributed by atoms with Crippen molar-refractivity contribution in [3.05, 3.63) is 24.3 Å². The summed E-state index contributed by atoms with van der Waals surface area (Å²) in [6.07, 6.45) is 2.47. The molecule has 2 N–H and O–H groups in total. The summed E-state index contributed by atoms with van der Waals surface area (Å²) in [7, 11) is 0. The minimum atomic E-state index is -0.0844. The predicted molar refractivity (Wildman–Crippen MR) is 81.8 cm³/mol. The fraction of sp³-hybridized carbons (Fsp3) is 0.467. The molecule has 0 aromatic heterocycles. The average molecular weight is 292 g/mol. The number of carbonyl (C=O) groups excluding carboxylic acids is 2. The number of rotatable bonds is 6. The maximum atomic E-state index is 11.8. The average Bonchev–Trinajstić information content (AvgIpc) is 3.21. The summed E-state index contributed by atoms with van der Waals surface area (Å²) in [5.41, 5.74) is 0.772. The second-order valence-electron chi connectivity index (χ2n) is 5.19. The molecule has 0 heterocycles. The summed E-state index contributed by atoms with van der Waals surface area (Å²) >= 11 is 1.51. The van der Waals surface area contributed by atoms with Gasteiger partial charge in [-0.1, -0.05) is 0 Å². The molecule has 0 saturated heterocycles. The molecule has 1 atom stereocenters. The van der Waals surface area contributed by atoms with Crippen molar-refractivity contribution in [1.82, 2.24) is 5.32 Å². The smallest absolute Gasteiger partial charge is 0.230 e. The number of thioether (sulfide) groups is 1. The monoisotopic (exact) mass is 292 g/mol. The zero-order valence-electron chi connectivity index (χ0n) is 11.8. The molecule has 0 unspecified atom stereocenters. The Labute approximate surface area is 123 Å². The van der Waals surface area contributed by atoms with E-state index in [0.717, 1.165) is 10.6 Å². The van der Waals surface area contributed by atoms with Gasteiger partial charge in [-0.25, -0.2) is 0 Å². The van der Waals surface area contributed by atoms with Crippen LogP contribution in [0.15, 0.2) is 29.2 Å². The Hall–Kier alpha value is -1.49. The van der Waals surface area contributed by atoms with Gasteiger partial charge in [-0.05, 0) is 49.9 Å². The third-order valence-electron chi connectivity index (χ3n) is 3.26. The van der Waals surface area contributed by atoms with Crippen LogP contribution in [-0.2, 0) is 9.59 Å². The lowest BCUT2D eigenvalue weighted by Crippen LogP contribution is -2.35. The zero-order valence-corrected chi connectivity index (χ0v) is 12.6. The maximum absolute atomic E-state index is 11.8. The van der Waals surface area contributed by atoms with Gasteiger partial charge in [0, 0.05) is 23.5 Å². The van der Waals surface area contributed by atoms with Gasteiger partial charge in [0.25, 0.3) is 0 Å². The van der Waals surface area contributed by atoms with Crippen molar-refractivity contribution < 1.29 is 9.59 Å². The van der Waals surface area contributed by atoms with E-state index in [1.807, 2.05) is 24.3 Å². The number of hydrogen-bond acceptors (Lipinski definition) is 3. The summed E-state index contributed by atoms with van der Waals surface area (Å²) in [4.78, 5) is 23.7. The van der Waals surface area contributed by atoms with E-state index in [1.165, 1.54) is 31.5 Å². The molecule has 0 aliphatic heterocycles. The number of nitrogens with one attached hydrogen (secondary N) is 2. The molecule has 5 heteroatoms. The van der Waals surface area contributed by atoms with Crippen LogP contribution in [0.25, 0.3) is 0 Å². The first-order valence-electron chi connectivity index (χ1n) is 6.84. The van der Waals surface area contributed by atoms with Crippen LogP contribution in [0.2, 0.25) is 0 Å². The number of carbonyl (C=O) groups is 2. The van der Waals surface area contributed by atoms with Crippen molar-refractivity contribution in [2.24, 2.45) is 5.92 Å². The first kappa shape index (κ1) is 14.9. The van der Waals surface area contributed by atoms with Crippen LogP contribution in [0.1, 0.15) is 26.7 Å². The van der Waals surface area contributed by atoms with Gasteiger partial charge in [-0.2, -0.15) is 0 Å².